The van der Waals surface area contributed by atoms with Gasteiger partial charge in [-0.1, -0.05) is 22.0 Å². The SMILES string of the molecule is CC(O)c1ccc(Oc2cc(F)ccc2F)cc1Br. The summed E-state index contributed by atoms with van der Waals surface area (Å²) in [6.07, 6.45) is -0.630. The topological polar surface area (TPSA) is 29.5 Å². The van der Waals surface area contributed by atoms with Gasteiger partial charge in [-0.25, -0.2) is 8.78 Å². The van der Waals surface area contributed by atoms with E-state index in [0.29, 0.717) is 15.8 Å². The van der Waals surface area contributed by atoms with Crippen molar-refractivity contribution in [2.24, 2.45) is 0 Å². The number of rotatable bonds is 3. The van der Waals surface area contributed by atoms with E-state index in [0.717, 1.165) is 18.2 Å². The second kappa shape index (κ2) is 5.67. The summed E-state index contributed by atoms with van der Waals surface area (Å²) in [7, 11) is 0. The molecule has 0 aliphatic carbocycles. The third-order valence-electron chi connectivity index (χ3n) is 2.54. The van der Waals surface area contributed by atoms with Gasteiger partial charge in [0.2, 0.25) is 0 Å². The van der Waals surface area contributed by atoms with Crippen LogP contribution in [0.25, 0.3) is 0 Å². The van der Waals surface area contributed by atoms with Crippen LogP contribution in [0.2, 0.25) is 0 Å². The molecule has 2 rings (SSSR count). The third kappa shape index (κ3) is 3.30. The Morgan fingerprint density at radius 1 is 1.16 bits per heavy atom. The lowest BCUT2D eigenvalue weighted by Crippen LogP contribution is -1.94. The summed E-state index contributed by atoms with van der Waals surface area (Å²) in [6, 6.07) is 7.83. The average Bonchev–Trinajstić information content (AvgIpc) is 2.33. The average molecular weight is 329 g/mol. The Balaban J connectivity index is 2.29. The molecule has 0 saturated heterocycles. The van der Waals surface area contributed by atoms with Gasteiger partial charge >= 0.3 is 0 Å². The molecule has 1 atom stereocenters. The van der Waals surface area contributed by atoms with E-state index in [1.54, 1.807) is 25.1 Å². The zero-order valence-electron chi connectivity index (χ0n) is 10.0. The lowest BCUT2D eigenvalue weighted by molar-refractivity contribution is 0.198. The number of hydrogen-bond acceptors (Lipinski definition) is 2. The van der Waals surface area contributed by atoms with Gasteiger partial charge in [0.1, 0.15) is 11.6 Å². The molecule has 0 amide bonds. The molecule has 2 aromatic rings. The summed E-state index contributed by atoms with van der Waals surface area (Å²) in [5.74, 6) is -1.05. The van der Waals surface area contributed by atoms with Crippen molar-refractivity contribution in [1.29, 1.82) is 0 Å². The van der Waals surface area contributed by atoms with Crippen LogP contribution in [0.5, 0.6) is 11.5 Å². The van der Waals surface area contributed by atoms with Crippen molar-refractivity contribution < 1.29 is 18.6 Å². The van der Waals surface area contributed by atoms with E-state index < -0.39 is 17.7 Å². The van der Waals surface area contributed by atoms with Gasteiger partial charge in [0.15, 0.2) is 11.6 Å². The molecule has 0 radical (unpaired) electrons. The van der Waals surface area contributed by atoms with E-state index in [2.05, 4.69) is 15.9 Å². The molecule has 0 fully saturated rings. The fourth-order valence-electron chi connectivity index (χ4n) is 1.59. The van der Waals surface area contributed by atoms with Crippen molar-refractivity contribution >= 4 is 15.9 Å². The van der Waals surface area contributed by atoms with Crippen molar-refractivity contribution in [2.45, 2.75) is 13.0 Å². The quantitative estimate of drug-likeness (QED) is 0.894. The Kier molecular flexibility index (Phi) is 4.17. The van der Waals surface area contributed by atoms with Crippen molar-refractivity contribution in [2.75, 3.05) is 0 Å². The Bertz CT molecular complexity index is 600. The van der Waals surface area contributed by atoms with Gasteiger partial charge in [0, 0.05) is 10.5 Å². The smallest absolute Gasteiger partial charge is 0.165 e. The van der Waals surface area contributed by atoms with Gasteiger partial charge in [-0.2, -0.15) is 0 Å². The lowest BCUT2D eigenvalue weighted by Gasteiger charge is -2.11. The molecule has 0 spiro atoms. The molecule has 19 heavy (non-hydrogen) atoms. The van der Waals surface area contributed by atoms with E-state index in [-0.39, 0.29) is 5.75 Å². The monoisotopic (exact) mass is 328 g/mol. The Hall–Kier alpha value is -1.46. The first-order valence-corrected chi connectivity index (χ1v) is 6.37. The van der Waals surface area contributed by atoms with Crippen molar-refractivity contribution in [3.63, 3.8) is 0 Å². The van der Waals surface area contributed by atoms with E-state index in [4.69, 9.17) is 4.74 Å². The Morgan fingerprint density at radius 3 is 2.53 bits per heavy atom. The van der Waals surface area contributed by atoms with Crippen molar-refractivity contribution in [3.8, 4) is 11.5 Å². The standard InChI is InChI=1S/C14H11BrF2O2/c1-8(18)11-4-3-10(7-12(11)15)19-14-6-9(16)2-5-13(14)17/h2-8,18H,1H3. The first kappa shape index (κ1) is 14.0. The predicted octanol–water partition coefficient (Wildman–Crippen LogP) is 4.57. The minimum Gasteiger partial charge on any atom is -0.454 e. The fraction of sp³-hybridized carbons (Fsp3) is 0.143. The van der Waals surface area contributed by atoms with Gasteiger partial charge in [0.05, 0.1) is 6.10 Å². The first-order chi connectivity index (χ1) is 8.97. The molecule has 0 heterocycles. The molecular weight excluding hydrogens is 318 g/mol. The predicted molar refractivity (Wildman–Crippen MR) is 71.2 cm³/mol. The molecule has 0 aliphatic heterocycles. The second-order valence-corrected chi connectivity index (χ2v) is 4.89. The maximum absolute atomic E-state index is 13.4. The molecule has 2 aromatic carbocycles. The summed E-state index contributed by atoms with van der Waals surface area (Å²) < 4.78 is 32.3. The van der Waals surface area contributed by atoms with Gasteiger partial charge in [-0.05, 0) is 36.8 Å². The van der Waals surface area contributed by atoms with Crippen LogP contribution in [0.4, 0.5) is 8.78 Å². The van der Waals surface area contributed by atoms with Crippen LogP contribution >= 0.6 is 15.9 Å². The largest absolute Gasteiger partial charge is 0.454 e. The number of benzene rings is 2. The highest BCUT2D eigenvalue weighted by molar-refractivity contribution is 9.10. The summed E-state index contributed by atoms with van der Waals surface area (Å²) in [5, 5.41) is 9.49. The number of ether oxygens (including phenoxy) is 1. The first-order valence-electron chi connectivity index (χ1n) is 5.58. The molecule has 0 bridgehead atoms. The van der Waals surface area contributed by atoms with Crippen LogP contribution < -0.4 is 4.74 Å². The second-order valence-electron chi connectivity index (χ2n) is 4.04. The normalized spacial score (nSPS) is 12.3. The molecular formula is C14H11BrF2O2. The number of halogens is 3. The van der Waals surface area contributed by atoms with Crippen LogP contribution in [0, 0.1) is 11.6 Å². The number of hydrogen-bond donors (Lipinski definition) is 1. The molecule has 1 N–H and O–H groups in total. The number of aliphatic hydroxyl groups excluding tert-OH is 1. The molecule has 5 heteroatoms. The minimum atomic E-state index is -0.642. The van der Waals surface area contributed by atoms with Crippen molar-refractivity contribution in [1.82, 2.24) is 0 Å². The zero-order chi connectivity index (χ0) is 14.0. The maximum Gasteiger partial charge on any atom is 0.165 e. The molecule has 0 saturated carbocycles. The van der Waals surface area contributed by atoms with Crippen LogP contribution in [-0.4, -0.2) is 5.11 Å². The van der Waals surface area contributed by atoms with Crippen LogP contribution in [0.15, 0.2) is 40.9 Å². The molecule has 0 aromatic heterocycles. The van der Waals surface area contributed by atoms with E-state index in [9.17, 15) is 13.9 Å². The van der Waals surface area contributed by atoms with Gasteiger partial charge in [0.25, 0.3) is 0 Å². The molecule has 0 aliphatic rings. The van der Waals surface area contributed by atoms with E-state index >= 15 is 0 Å². The van der Waals surface area contributed by atoms with Gasteiger partial charge in [-0.15, -0.1) is 0 Å². The van der Waals surface area contributed by atoms with Crippen LogP contribution in [0.3, 0.4) is 0 Å². The van der Waals surface area contributed by atoms with Gasteiger partial charge < -0.3 is 9.84 Å². The highest BCUT2D eigenvalue weighted by Gasteiger charge is 2.10. The molecule has 1 unspecified atom stereocenters. The van der Waals surface area contributed by atoms with E-state index in [1.807, 2.05) is 0 Å². The highest BCUT2D eigenvalue weighted by Crippen LogP contribution is 2.31. The third-order valence-corrected chi connectivity index (χ3v) is 3.23. The van der Waals surface area contributed by atoms with Crippen LogP contribution in [0.1, 0.15) is 18.6 Å². The van der Waals surface area contributed by atoms with E-state index in [1.165, 1.54) is 0 Å². The zero-order valence-corrected chi connectivity index (χ0v) is 11.6. The molecule has 2 nitrogen and oxygen atoms in total. The summed E-state index contributed by atoms with van der Waals surface area (Å²) in [6.45, 7) is 1.63. The molecule has 100 valence electrons. The van der Waals surface area contributed by atoms with Crippen molar-refractivity contribution in [3.05, 3.63) is 58.1 Å². The summed E-state index contributed by atoms with van der Waals surface area (Å²) >= 11 is 3.29. The summed E-state index contributed by atoms with van der Waals surface area (Å²) in [4.78, 5) is 0. The maximum atomic E-state index is 13.4. The Labute approximate surface area is 117 Å². The van der Waals surface area contributed by atoms with Gasteiger partial charge in [-0.3, -0.25) is 0 Å². The van der Waals surface area contributed by atoms with Crippen LogP contribution in [-0.2, 0) is 0 Å². The number of aliphatic hydroxyl groups is 1. The highest BCUT2D eigenvalue weighted by atomic mass is 79.9. The fourth-order valence-corrected chi connectivity index (χ4v) is 2.28. The lowest BCUT2D eigenvalue weighted by atomic mass is 10.1. The summed E-state index contributed by atoms with van der Waals surface area (Å²) in [5.41, 5.74) is 0.687. The Morgan fingerprint density at radius 2 is 1.89 bits per heavy atom. The minimum absolute atomic E-state index is 0.184.